The molecule has 0 aromatic carbocycles. The Kier molecular flexibility index (Phi) is 3.87. The molecule has 0 unspecified atom stereocenters. The first-order chi connectivity index (χ1) is 5.86. The highest BCUT2D eigenvalue weighted by Crippen LogP contribution is 2.08. The lowest BCUT2D eigenvalue weighted by atomic mass is 10.5. The van der Waals surface area contributed by atoms with Gasteiger partial charge in [-0.3, -0.25) is 0 Å². The van der Waals surface area contributed by atoms with E-state index >= 15 is 0 Å². The van der Waals surface area contributed by atoms with Gasteiger partial charge in [-0.05, 0) is 11.8 Å². The molecule has 0 saturated heterocycles. The van der Waals surface area contributed by atoms with Crippen LogP contribution in [0.15, 0.2) is 12.3 Å². The Hall–Kier alpha value is -0.770. The Bertz CT molecular complexity index is 239. The molecule has 3 nitrogen and oxygen atoms in total. The van der Waals surface area contributed by atoms with Gasteiger partial charge in [0.1, 0.15) is 11.6 Å². The highest BCUT2D eigenvalue weighted by atomic mass is 32.2. The molecule has 4 heteroatoms. The summed E-state index contributed by atoms with van der Waals surface area (Å²) in [6.07, 6.45) is 1.78. The summed E-state index contributed by atoms with van der Waals surface area (Å²) in [6, 6.07) is 1.86. The number of nitrogens with one attached hydrogen (secondary N) is 1. The molecule has 0 radical (unpaired) electrons. The number of anilines is 1. The second kappa shape index (κ2) is 4.98. The van der Waals surface area contributed by atoms with Crippen molar-refractivity contribution in [3.8, 4) is 0 Å². The van der Waals surface area contributed by atoms with E-state index < -0.39 is 0 Å². The number of hydrogen-bond acceptors (Lipinski definition) is 4. The van der Waals surface area contributed by atoms with Crippen molar-refractivity contribution < 1.29 is 0 Å². The predicted octanol–water partition coefficient (Wildman–Crippen LogP) is 1.77. The third-order valence-corrected chi connectivity index (χ3v) is 2.27. The van der Waals surface area contributed by atoms with E-state index in [9.17, 15) is 0 Å². The van der Waals surface area contributed by atoms with Crippen molar-refractivity contribution in [3.05, 3.63) is 18.1 Å². The number of hydrogen-bond donors (Lipinski definition) is 1. The second-order valence-corrected chi connectivity index (χ2v) is 3.52. The van der Waals surface area contributed by atoms with Gasteiger partial charge in [-0.15, -0.1) is 0 Å². The van der Waals surface area contributed by atoms with Crippen LogP contribution in [0.4, 0.5) is 5.82 Å². The van der Waals surface area contributed by atoms with Crippen LogP contribution in [0.25, 0.3) is 0 Å². The lowest BCUT2D eigenvalue weighted by molar-refractivity contribution is 1.03. The summed E-state index contributed by atoms with van der Waals surface area (Å²) < 4.78 is 0. The Morgan fingerprint density at radius 3 is 3.08 bits per heavy atom. The van der Waals surface area contributed by atoms with Gasteiger partial charge in [0.15, 0.2) is 0 Å². The second-order valence-electron chi connectivity index (χ2n) is 2.25. The lowest BCUT2D eigenvalue weighted by Crippen LogP contribution is -1.97. The smallest absolute Gasteiger partial charge is 0.140 e. The fourth-order valence-corrected chi connectivity index (χ4v) is 1.33. The van der Waals surface area contributed by atoms with E-state index in [4.69, 9.17) is 0 Å². The van der Waals surface area contributed by atoms with Crippen LogP contribution < -0.4 is 5.32 Å². The molecule has 0 aliphatic rings. The minimum Gasteiger partial charge on any atom is -0.373 e. The highest BCUT2D eigenvalue weighted by molar-refractivity contribution is 7.98. The highest BCUT2D eigenvalue weighted by Gasteiger charge is 1.96. The summed E-state index contributed by atoms with van der Waals surface area (Å²) in [5.41, 5.74) is 0. The Morgan fingerprint density at radius 2 is 2.42 bits per heavy atom. The zero-order valence-corrected chi connectivity index (χ0v) is 8.19. The summed E-state index contributed by atoms with van der Waals surface area (Å²) >= 11 is 1.83. The van der Waals surface area contributed by atoms with Crippen molar-refractivity contribution in [1.82, 2.24) is 9.97 Å². The maximum absolute atomic E-state index is 4.29. The van der Waals surface area contributed by atoms with Crippen LogP contribution in [0.5, 0.6) is 0 Å². The summed E-state index contributed by atoms with van der Waals surface area (Å²) in [7, 11) is 1.86. The third kappa shape index (κ3) is 2.70. The molecule has 0 bridgehead atoms. The van der Waals surface area contributed by atoms with Gasteiger partial charge < -0.3 is 5.32 Å². The third-order valence-electron chi connectivity index (χ3n) is 1.40. The van der Waals surface area contributed by atoms with E-state index in [0.717, 1.165) is 23.1 Å². The van der Waals surface area contributed by atoms with Crippen LogP contribution >= 0.6 is 11.8 Å². The minimum atomic E-state index is 0.886. The van der Waals surface area contributed by atoms with Crippen LogP contribution in [-0.4, -0.2) is 22.8 Å². The van der Waals surface area contributed by atoms with E-state index in [1.54, 1.807) is 6.20 Å². The zero-order valence-electron chi connectivity index (χ0n) is 7.37. The van der Waals surface area contributed by atoms with Gasteiger partial charge in [0.05, 0.1) is 5.75 Å². The number of aromatic nitrogens is 2. The Morgan fingerprint density at radius 1 is 1.58 bits per heavy atom. The van der Waals surface area contributed by atoms with E-state index in [1.807, 2.05) is 24.9 Å². The number of nitrogens with zero attached hydrogens (tertiary/aromatic N) is 2. The van der Waals surface area contributed by atoms with Crippen molar-refractivity contribution in [3.63, 3.8) is 0 Å². The van der Waals surface area contributed by atoms with Gasteiger partial charge >= 0.3 is 0 Å². The SMILES string of the molecule is CCSCc1nccc(NC)n1. The average Bonchev–Trinajstić information content (AvgIpc) is 2.15. The van der Waals surface area contributed by atoms with E-state index in [1.165, 1.54) is 0 Å². The standard InChI is InChI=1S/C8H13N3S/c1-3-12-6-8-10-5-4-7(9-2)11-8/h4-5H,3,6H2,1-2H3,(H,9,10,11). The molecule has 0 saturated carbocycles. The summed E-state index contributed by atoms with van der Waals surface area (Å²) in [5.74, 6) is 3.78. The van der Waals surface area contributed by atoms with Gasteiger partial charge in [-0.25, -0.2) is 9.97 Å². The quantitative estimate of drug-likeness (QED) is 0.772. The molecule has 0 amide bonds. The van der Waals surface area contributed by atoms with Crippen LogP contribution in [0, 0.1) is 0 Å². The van der Waals surface area contributed by atoms with Gasteiger partial charge in [-0.2, -0.15) is 11.8 Å². The number of rotatable bonds is 4. The molecular formula is C8H13N3S. The molecule has 0 aliphatic heterocycles. The molecule has 0 spiro atoms. The van der Waals surface area contributed by atoms with Crippen LogP contribution in [0.2, 0.25) is 0 Å². The summed E-state index contributed by atoms with van der Waals surface area (Å²) in [5, 5.41) is 2.98. The normalized spacial score (nSPS) is 9.83. The van der Waals surface area contributed by atoms with Gasteiger partial charge in [-0.1, -0.05) is 6.92 Å². The molecule has 1 aromatic heterocycles. The molecule has 66 valence electrons. The van der Waals surface area contributed by atoms with Gasteiger partial charge in [0, 0.05) is 13.2 Å². The molecule has 1 N–H and O–H groups in total. The fraction of sp³-hybridized carbons (Fsp3) is 0.500. The van der Waals surface area contributed by atoms with Crippen molar-refractivity contribution in [1.29, 1.82) is 0 Å². The molecule has 1 rings (SSSR count). The molecule has 0 fully saturated rings. The van der Waals surface area contributed by atoms with Crippen LogP contribution in [0.3, 0.4) is 0 Å². The maximum Gasteiger partial charge on any atom is 0.140 e. The van der Waals surface area contributed by atoms with Gasteiger partial charge in [0.2, 0.25) is 0 Å². The van der Waals surface area contributed by atoms with Crippen LogP contribution in [0.1, 0.15) is 12.7 Å². The maximum atomic E-state index is 4.29. The lowest BCUT2D eigenvalue weighted by Gasteiger charge is -2.01. The van der Waals surface area contributed by atoms with Crippen molar-refractivity contribution >= 4 is 17.6 Å². The molecular weight excluding hydrogens is 170 g/mol. The number of thioether (sulfide) groups is 1. The van der Waals surface area contributed by atoms with E-state index in [0.29, 0.717) is 0 Å². The topological polar surface area (TPSA) is 37.8 Å². The first-order valence-electron chi connectivity index (χ1n) is 3.94. The van der Waals surface area contributed by atoms with Crippen molar-refractivity contribution in [2.75, 3.05) is 18.1 Å². The Labute approximate surface area is 77.0 Å². The largest absolute Gasteiger partial charge is 0.373 e. The van der Waals surface area contributed by atoms with Gasteiger partial charge in [0.25, 0.3) is 0 Å². The zero-order chi connectivity index (χ0) is 8.81. The molecule has 1 aromatic rings. The summed E-state index contributed by atoms with van der Waals surface area (Å²) in [4.78, 5) is 8.44. The summed E-state index contributed by atoms with van der Waals surface area (Å²) in [6.45, 7) is 2.13. The fourth-order valence-electron chi connectivity index (χ4n) is 0.801. The molecule has 1 heterocycles. The molecule has 12 heavy (non-hydrogen) atoms. The Balaban J connectivity index is 2.60. The monoisotopic (exact) mass is 183 g/mol. The van der Waals surface area contributed by atoms with Crippen LogP contribution in [-0.2, 0) is 5.75 Å². The predicted molar refractivity (Wildman–Crippen MR) is 53.4 cm³/mol. The molecule has 0 aliphatic carbocycles. The van der Waals surface area contributed by atoms with E-state index in [2.05, 4.69) is 22.2 Å². The minimum absolute atomic E-state index is 0.886. The van der Waals surface area contributed by atoms with Crippen molar-refractivity contribution in [2.24, 2.45) is 0 Å². The first-order valence-corrected chi connectivity index (χ1v) is 5.09. The van der Waals surface area contributed by atoms with E-state index in [-0.39, 0.29) is 0 Å². The average molecular weight is 183 g/mol. The first kappa shape index (κ1) is 9.32. The van der Waals surface area contributed by atoms with Crippen molar-refractivity contribution in [2.45, 2.75) is 12.7 Å². The molecule has 0 atom stereocenters.